The summed E-state index contributed by atoms with van der Waals surface area (Å²) < 4.78 is 33.8. The maximum atomic E-state index is 15.1. The molecule has 1 atom stereocenters. The van der Waals surface area contributed by atoms with Crippen LogP contribution in [-0.2, 0) is 11.2 Å². The van der Waals surface area contributed by atoms with Crippen molar-refractivity contribution in [1.29, 1.82) is 0 Å². The van der Waals surface area contributed by atoms with Gasteiger partial charge < -0.3 is 14.7 Å². The Labute approximate surface area is 208 Å². The van der Waals surface area contributed by atoms with Crippen LogP contribution in [0.2, 0.25) is 0 Å². The minimum Gasteiger partial charge on any atom is -0.394 e. The summed E-state index contributed by atoms with van der Waals surface area (Å²) in [5, 5.41) is 9.65. The van der Waals surface area contributed by atoms with Crippen LogP contribution in [0.1, 0.15) is 27.2 Å². The average Bonchev–Trinajstić information content (AvgIpc) is 3.39. The number of carbonyl (C=O) groups is 1. The molecule has 2 heterocycles. The van der Waals surface area contributed by atoms with Gasteiger partial charge in [0.1, 0.15) is 11.6 Å². The molecule has 1 N–H and O–H groups in total. The van der Waals surface area contributed by atoms with Crippen LogP contribution in [0, 0.1) is 11.6 Å². The lowest BCUT2D eigenvalue weighted by atomic mass is 9.98. The van der Waals surface area contributed by atoms with Crippen molar-refractivity contribution >= 4 is 17.2 Å². The minimum atomic E-state index is -0.594. The molecule has 4 rings (SSSR count). The molecule has 0 radical (unpaired) electrons. The number of pyridine rings is 1. The van der Waals surface area contributed by atoms with Gasteiger partial charge in [0.25, 0.3) is 5.91 Å². The summed E-state index contributed by atoms with van der Waals surface area (Å²) in [4.78, 5) is 24.1. The molecule has 186 valence electrons. The van der Waals surface area contributed by atoms with Gasteiger partial charge in [-0.3, -0.25) is 14.8 Å². The Morgan fingerprint density at radius 1 is 1.11 bits per heavy atom. The lowest BCUT2D eigenvalue weighted by Gasteiger charge is -2.27. The summed E-state index contributed by atoms with van der Waals surface area (Å²) in [6, 6.07) is 15.9. The SMILES string of the molecule is CO[C@H](CO)CN(CCc1ccccn1)C(=O)c1cccc(F)c1C1=NCC(c2ccc(F)cc2)=C1. The normalized spacial score (nSPS) is 13.8. The maximum absolute atomic E-state index is 15.1. The number of aliphatic hydroxyl groups excluding tert-OH is 1. The highest BCUT2D eigenvalue weighted by Gasteiger charge is 2.26. The number of aliphatic hydroxyl groups is 1. The van der Waals surface area contributed by atoms with Crippen LogP contribution >= 0.6 is 0 Å². The van der Waals surface area contributed by atoms with E-state index < -0.39 is 17.8 Å². The second kappa shape index (κ2) is 11.8. The fraction of sp³-hybridized carbons (Fsp3) is 0.250. The van der Waals surface area contributed by atoms with Gasteiger partial charge in [-0.15, -0.1) is 0 Å². The predicted molar refractivity (Wildman–Crippen MR) is 134 cm³/mol. The Bertz CT molecular complexity index is 1260. The van der Waals surface area contributed by atoms with E-state index in [1.165, 1.54) is 36.3 Å². The quantitative estimate of drug-likeness (QED) is 0.466. The topological polar surface area (TPSA) is 75.0 Å². The molecule has 2 aromatic carbocycles. The number of benzene rings is 2. The van der Waals surface area contributed by atoms with Crippen molar-refractivity contribution in [3.05, 3.63) is 107 Å². The molecule has 0 saturated carbocycles. The third-order valence-corrected chi connectivity index (χ3v) is 6.06. The standard InChI is InChI=1S/C28H27F2N3O3/c1-36-23(18-34)17-33(14-12-22-5-2-3-13-31-22)28(35)24-6-4-7-25(30)27(24)26-15-20(16-32-26)19-8-10-21(29)11-9-19/h2-11,13,15,23,34H,12,14,16-18H2,1H3/t23-/m0/s1. The molecule has 0 unspecified atom stereocenters. The van der Waals surface area contributed by atoms with Crippen molar-refractivity contribution < 1.29 is 23.4 Å². The Balaban J connectivity index is 1.64. The molecule has 1 aromatic heterocycles. The van der Waals surface area contributed by atoms with Crippen molar-refractivity contribution in [2.75, 3.05) is 33.4 Å². The largest absolute Gasteiger partial charge is 0.394 e. The molecular formula is C28H27F2N3O3. The second-order valence-electron chi connectivity index (χ2n) is 8.40. The molecule has 0 saturated heterocycles. The zero-order valence-corrected chi connectivity index (χ0v) is 19.9. The minimum absolute atomic E-state index is 0.111. The zero-order valence-electron chi connectivity index (χ0n) is 19.9. The van der Waals surface area contributed by atoms with Gasteiger partial charge >= 0.3 is 0 Å². The van der Waals surface area contributed by atoms with Gasteiger partial charge in [-0.1, -0.05) is 24.3 Å². The van der Waals surface area contributed by atoms with E-state index in [-0.39, 0.29) is 30.1 Å². The van der Waals surface area contributed by atoms with E-state index in [4.69, 9.17) is 4.74 Å². The van der Waals surface area contributed by atoms with E-state index >= 15 is 4.39 Å². The number of nitrogens with zero attached hydrogens (tertiary/aromatic N) is 3. The number of aliphatic imine (C=N–C) groups is 1. The lowest BCUT2D eigenvalue weighted by Crippen LogP contribution is -2.41. The summed E-state index contributed by atoms with van der Waals surface area (Å²) in [5.74, 6) is -1.31. The summed E-state index contributed by atoms with van der Waals surface area (Å²) in [6.45, 7) is 0.450. The molecule has 0 fully saturated rings. The fourth-order valence-electron chi connectivity index (χ4n) is 4.07. The molecule has 36 heavy (non-hydrogen) atoms. The van der Waals surface area contributed by atoms with Crippen LogP contribution in [0.4, 0.5) is 8.78 Å². The van der Waals surface area contributed by atoms with Gasteiger partial charge in [-0.05, 0) is 53.6 Å². The summed E-state index contributed by atoms with van der Waals surface area (Å²) in [6.07, 6.45) is 3.30. The first-order valence-electron chi connectivity index (χ1n) is 11.6. The number of ether oxygens (including phenoxy) is 1. The molecule has 0 aliphatic carbocycles. The van der Waals surface area contributed by atoms with Crippen LogP contribution in [-0.4, -0.2) is 66.1 Å². The summed E-state index contributed by atoms with van der Waals surface area (Å²) >= 11 is 0. The molecule has 1 aliphatic heterocycles. The van der Waals surface area contributed by atoms with E-state index in [1.54, 1.807) is 30.5 Å². The molecule has 3 aromatic rings. The monoisotopic (exact) mass is 491 g/mol. The van der Waals surface area contributed by atoms with Crippen molar-refractivity contribution in [2.45, 2.75) is 12.5 Å². The number of aromatic nitrogens is 1. The van der Waals surface area contributed by atoms with Crippen molar-refractivity contribution in [1.82, 2.24) is 9.88 Å². The Kier molecular flexibility index (Phi) is 8.30. The van der Waals surface area contributed by atoms with Gasteiger partial charge in [0.15, 0.2) is 0 Å². The van der Waals surface area contributed by atoms with E-state index in [2.05, 4.69) is 9.98 Å². The van der Waals surface area contributed by atoms with Gasteiger partial charge in [0.05, 0.1) is 30.5 Å². The van der Waals surface area contributed by atoms with Gasteiger partial charge in [-0.25, -0.2) is 8.78 Å². The average molecular weight is 492 g/mol. The third-order valence-electron chi connectivity index (χ3n) is 6.06. The van der Waals surface area contributed by atoms with E-state index in [0.717, 1.165) is 16.8 Å². The van der Waals surface area contributed by atoms with Gasteiger partial charge in [0, 0.05) is 44.1 Å². The number of rotatable bonds is 10. The van der Waals surface area contributed by atoms with Crippen molar-refractivity contribution in [2.24, 2.45) is 4.99 Å². The summed E-state index contributed by atoms with van der Waals surface area (Å²) in [5.41, 5.74) is 3.02. The maximum Gasteiger partial charge on any atom is 0.254 e. The molecule has 1 aliphatic rings. The first-order valence-corrected chi connectivity index (χ1v) is 11.6. The number of carbonyl (C=O) groups excluding carboxylic acids is 1. The fourth-order valence-corrected chi connectivity index (χ4v) is 4.07. The molecule has 8 heteroatoms. The predicted octanol–water partition coefficient (Wildman–Crippen LogP) is 3.94. The molecule has 0 bridgehead atoms. The van der Waals surface area contributed by atoms with Crippen LogP contribution in [0.25, 0.3) is 5.57 Å². The van der Waals surface area contributed by atoms with Gasteiger partial charge in [-0.2, -0.15) is 0 Å². The van der Waals surface area contributed by atoms with E-state index in [0.29, 0.717) is 25.2 Å². The molecule has 6 nitrogen and oxygen atoms in total. The zero-order chi connectivity index (χ0) is 25.5. The molecule has 0 spiro atoms. The smallest absolute Gasteiger partial charge is 0.254 e. The number of hydrogen-bond acceptors (Lipinski definition) is 5. The molecule has 1 amide bonds. The first kappa shape index (κ1) is 25.3. The van der Waals surface area contributed by atoms with Crippen LogP contribution < -0.4 is 0 Å². The van der Waals surface area contributed by atoms with Crippen LogP contribution in [0.3, 0.4) is 0 Å². The highest BCUT2D eigenvalue weighted by molar-refractivity contribution is 6.19. The van der Waals surface area contributed by atoms with E-state index in [9.17, 15) is 14.3 Å². The first-order chi connectivity index (χ1) is 17.5. The van der Waals surface area contributed by atoms with E-state index in [1.807, 2.05) is 18.2 Å². The summed E-state index contributed by atoms with van der Waals surface area (Å²) in [7, 11) is 1.46. The third kappa shape index (κ3) is 5.90. The van der Waals surface area contributed by atoms with Crippen LogP contribution in [0.15, 0.2) is 77.9 Å². The number of hydrogen-bond donors (Lipinski definition) is 1. The van der Waals surface area contributed by atoms with Crippen molar-refractivity contribution in [3.8, 4) is 0 Å². The Hall–Kier alpha value is -3.75. The van der Waals surface area contributed by atoms with Crippen molar-refractivity contribution in [3.63, 3.8) is 0 Å². The number of halogens is 2. The number of methoxy groups -OCH3 is 1. The second-order valence-corrected chi connectivity index (χ2v) is 8.40. The molecular weight excluding hydrogens is 464 g/mol. The highest BCUT2D eigenvalue weighted by Crippen LogP contribution is 2.26. The van der Waals surface area contributed by atoms with Crippen LogP contribution in [0.5, 0.6) is 0 Å². The lowest BCUT2D eigenvalue weighted by molar-refractivity contribution is 0.0208. The van der Waals surface area contributed by atoms with Gasteiger partial charge in [0.2, 0.25) is 0 Å². The number of amides is 1. The number of allylic oxidation sites excluding steroid dienone is 1. The highest BCUT2D eigenvalue weighted by atomic mass is 19.1. The Morgan fingerprint density at radius 3 is 2.61 bits per heavy atom. The Morgan fingerprint density at radius 2 is 1.92 bits per heavy atom.